The van der Waals surface area contributed by atoms with Crippen molar-refractivity contribution >= 4 is 17.7 Å². The van der Waals surface area contributed by atoms with Gasteiger partial charge in [-0.05, 0) is 29.8 Å². The molecule has 2 nitrogen and oxygen atoms in total. The summed E-state index contributed by atoms with van der Waals surface area (Å²) in [6, 6.07) is 19.7. The highest BCUT2D eigenvalue weighted by molar-refractivity contribution is 6.01. The minimum Gasteiger partial charge on any atom is -0.323 e. The number of hydrogen-bond acceptors (Lipinski definition) is 1. The second kappa shape index (κ2) is 5.66. The first-order chi connectivity index (χ1) is 8.34. The summed E-state index contributed by atoms with van der Waals surface area (Å²) < 4.78 is 0. The second-order valence-corrected chi connectivity index (χ2v) is 3.52. The SMILES string of the molecule is O=C(/C=C/c1cc[c]cc1)Nc1ccccc1. The second-order valence-electron chi connectivity index (χ2n) is 3.52. The van der Waals surface area contributed by atoms with Crippen molar-refractivity contribution in [2.45, 2.75) is 0 Å². The topological polar surface area (TPSA) is 29.1 Å². The molecule has 0 heterocycles. The quantitative estimate of drug-likeness (QED) is 0.794. The van der Waals surface area contributed by atoms with Crippen LogP contribution in [0.2, 0.25) is 0 Å². The van der Waals surface area contributed by atoms with Crippen molar-refractivity contribution < 1.29 is 4.79 Å². The van der Waals surface area contributed by atoms with Gasteiger partial charge in [-0.15, -0.1) is 0 Å². The van der Waals surface area contributed by atoms with E-state index in [9.17, 15) is 4.79 Å². The smallest absolute Gasteiger partial charge is 0.248 e. The van der Waals surface area contributed by atoms with Gasteiger partial charge in [-0.3, -0.25) is 4.79 Å². The standard InChI is InChI=1S/C15H12NO/c17-15(16-14-9-5-2-6-10-14)12-11-13-7-3-1-4-8-13/h2-12H,(H,16,17)/b12-11+. The van der Waals surface area contributed by atoms with Crippen LogP contribution < -0.4 is 5.32 Å². The fourth-order valence-electron chi connectivity index (χ4n) is 1.39. The third-order valence-corrected chi connectivity index (χ3v) is 2.21. The molecule has 1 amide bonds. The molecular weight excluding hydrogens is 210 g/mol. The van der Waals surface area contributed by atoms with Crippen LogP contribution in [0.5, 0.6) is 0 Å². The zero-order valence-electron chi connectivity index (χ0n) is 9.26. The number of carbonyl (C=O) groups excluding carboxylic acids is 1. The molecule has 0 atom stereocenters. The number of rotatable bonds is 3. The maximum atomic E-state index is 11.6. The highest BCUT2D eigenvalue weighted by Crippen LogP contribution is 2.05. The summed E-state index contributed by atoms with van der Waals surface area (Å²) in [6.07, 6.45) is 3.29. The summed E-state index contributed by atoms with van der Waals surface area (Å²) in [5.41, 5.74) is 1.77. The molecule has 0 aliphatic rings. The summed E-state index contributed by atoms with van der Waals surface area (Å²) in [5.74, 6) is -0.135. The summed E-state index contributed by atoms with van der Waals surface area (Å²) in [7, 11) is 0. The van der Waals surface area contributed by atoms with Crippen LogP contribution >= 0.6 is 0 Å². The molecule has 0 unspecified atom stereocenters. The van der Waals surface area contributed by atoms with Gasteiger partial charge in [0.25, 0.3) is 0 Å². The van der Waals surface area contributed by atoms with Crippen LogP contribution in [0.15, 0.2) is 60.7 Å². The Morgan fingerprint density at radius 2 is 1.76 bits per heavy atom. The normalized spacial score (nSPS) is 10.4. The number of benzene rings is 2. The summed E-state index contributed by atoms with van der Waals surface area (Å²) in [4.78, 5) is 11.6. The van der Waals surface area contributed by atoms with Gasteiger partial charge in [0.1, 0.15) is 0 Å². The lowest BCUT2D eigenvalue weighted by molar-refractivity contribution is -0.111. The molecular formula is C15H12NO. The van der Waals surface area contributed by atoms with Crippen molar-refractivity contribution in [2.24, 2.45) is 0 Å². The maximum absolute atomic E-state index is 11.6. The molecule has 2 rings (SSSR count). The molecule has 83 valence electrons. The number of nitrogens with one attached hydrogen (secondary N) is 1. The van der Waals surface area contributed by atoms with E-state index < -0.39 is 0 Å². The maximum Gasteiger partial charge on any atom is 0.248 e. The van der Waals surface area contributed by atoms with Crippen LogP contribution in [0, 0.1) is 6.07 Å². The Labute approximate surface area is 101 Å². The van der Waals surface area contributed by atoms with Gasteiger partial charge < -0.3 is 5.32 Å². The minimum absolute atomic E-state index is 0.135. The number of carbonyl (C=O) groups is 1. The van der Waals surface area contributed by atoms with E-state index in [1.54, 1.807) is 6.08 Å². The summed E-state index contributed by atoms with van der Waals surface area (Å²) in [5, 5.41) is 2.78. The molecule has 0 aromatic heterocycles. The van der Waals surface area contributed by atoms with Crippen LogP contribution in [0.25, 0.3) is 6.08 Å². The minimum atomic E-state index is -0.135. The van der Waals surface area contributed by atoms with E-state index in [-0.39, 0.29) is 5.91 Å². The van der Waals surface area contributed by atoms with E-state index in [0.29, 0.717) is 0 Å². The van der Waals surface area contributed by atoms with E-state index in [1.807, 2.05) is 54.6 Å². The molecule has 0 saturated heterocycles. The lowest BCUT2D eigenvalue weighted by Crippen LogP contribution is -2.07. The van der Waals surface area contributed by atoms with Crippen molar-refractivity contribution in [3.63, 3.8) is 0 Å². The molecule has 2 heteroatoms. The Bertz CT molecular complexity index is 503. The number of para-hydroxylation sites is 1. The predicted octanol–water partition coefficient (Wildman–Crippen LogP) is 3.14. The number of hydrogen-bond donors (Lipinski definition) is 1. The highest BCUT2D eigenvalue weighted by atomic mass is 16.1. The van der Waals surface area contributed by atoms with Crippen LogP contribution in [0.4, 0.5) is 5.69 Å². The fraction of sp³-hybridized carbons (Fsp3) is 0. The average Bonchev–Trinajstić information content (AvgIpc) is 2.39. The lowest BCUT2D eigenvalue weighted by Gasteiger charge is -2.00. The van der Waals surface area contributed by atoms with Crippen LogP contribution in [0.1, 0.15) is 5.56 Å². The van der Waals surface area contributed by atoms with E-state index in [2.05, 4.69) is 11.4 Å². The molecule has 0 aliphatic heterocycles. The van der Waals surface area contributed by atoms with Gasteiger partial charge in [0, 0.05) is 11.8 Å². The van der Waals surface area contributed by atoms with Gasteiger partial charge in [0.2, 0.25) is 5.91 Å². The lowest BCUT2D eigenvalue weighted by atomic mass is 10.2. The van der Waals surface area contributed by atoms with Crippen LogP contribution in [0.3, 0.4) is 0 Å². The third-order valence-electron chi connectivity index (χ3n) is 2.21. The van der Waals surface area contributed by atoms with Crippen LogP contribution in [-0.4, -0.2) is 5.91 Å². The number of anilines is 1. The first-order valence-corrected chi connectivity index (χ1v) is 5.35. The monoisotopic (exact) mass is 222 g/mol. The van der Waals surface area contributed by atoms with Crippen molar-refractivity contribution in [3.8, 4) is 0 Å². The Kier molecular flexibility index (Phi) is 3.71. The van der Waals surface area contributed by atoms with Gasteiger partial charge in [-0.1, -0.05) is 42.5 Å². The number of amides is 1. The molecule has 0 bridgehead atoms. The molecule has 1 radical (unpaired) electrons. The van der Waals surface area contributed by atoms with E-state index in [0.717, 1.165) is 11.3 Å². The van der Waals surface area contributed by atoms with E-state index in [1.165, 1.54) is 6.08 Å². The average molecular weight is 222 g/mol. The van der Waals surface area contributed by atoms with E-state index in [4.69, 9.17) is 0 Å². The van der Waals surface area contributed by atoms with Gasteiger partial charge in [-0.2, -0.15) is 0 Å². The van der Waals surface area contributed by atoms with Crippen molar-refractivity contribution in [2.75, 3.05) is 5.32 Å². The Morgan fingerprint density at radius 1 is 1.06 bits per heavy atom. The first kappa shape index (κ1) is 11.1. The first-order valence-electron chi connectivity index (χ1n) is 5.35. The Morgan fingerprint density at radius 3 is 2.47 bits per heavy atom. The highest BCUT2D eigenvalue weighted by Gasteiger charge is 1.95. The van der Waals surface area contributed by atoms with Gasteiger partial charge >= 0.3 is 0 Å². The largest absolute Gasteiger partial charge is 0.323 e. The van der Waals surface area contributed by atoms with Crippen molar-refractivity contribution in [1.82, 2.24) is 0 Å². The zero-order valence-corrected chi connectivity index (χ0v) is 9.26. The predicted molar refractivity (Wildman–Crippen MR) is 69.4 cm³/mol. The molecule has 2 aromatic carbocycles. The zero-order chi connectivity index (χ0) is 11.9. The summed E-state index contributed by atoms with van der Waals surface area (Å²) in [6.45, 7) is 0. The molecule has 2 aromatic rings. The van der Waals surface area contributed by atoms with Gasteiger partial charge in [0.15, 0.2) is 0 Å². The molecule has 0 spiro atoms. The third kappa shape index (κ3) is 3.61. The van der Waals surface area contributed by atoms with Crippen molar-refractivity contribution in [3.05, 3.63) is 72.3 Å². The van der Waals surface area contributed by atoms with Crippen molar-refractivity contribution in [1.29, 1.82) is 0 Å². The molecule has 1 N–H and O–H groups in total. The van der Waals surface area contributed by atoms with Gasteiger partial charge in [0.05, 0.1) is 0 Å². The fourth-order valence-corrected chi connectivity index (χ4v) is 1.39. The van der Waals surface area contributed by atoms with Crippen LogP contribution in [-0.2, 0) is 4.79 Å². The molecule has 0 saturated carbocycles. The molecule has 17 heavy (non-hydrogen) atoms. The van der Waals surface area contributed by atoms with Gasteiger partial charge in [-0.25, -0.2) is 0 Å². The van der Waals surface area contributed by atoms with E-state index >= 15 is 0 Å². The Hall–Kier alpha value is -2.35. The Balaban J connectivity index is 1.96. The molecule has 0 fully saturated rings. The molecule has 0 aliphatic carbocycles. The summed E-state index contributed by atoms with van der Waals surface area (Å²) >= 11 is 0.